The minimum absolute atomic E-state index is 0.0628. The Labute approximate surface area is 270 Å². The van der Waals surface area contributed by atoms with E-state index in [0.717, 1.165) is 27.9 Å². The molecule has 1 aliphatic carbocycles. The molecule has 2 atom stereocenters. The summed E-state index contributed by atoms with van der Waals surface area (Å²) in [5.74, 6) is 0.828. The molecule has 3 N–H and O–H groups in total. The first-order chi connectivity index (χ1) is 22.5. The fourth-order valence-corrected chi connectivity index (χ4v) is 7.03. The Hall–Kier alpha value is -5.22. The van der Waals surface area contributed by atoms with Gasteiger partial charge in [0.1, 0.15) is 11.3 Å². The lowest BCUT2D eigenvalue weighted by Gasteiger charge is -2.22. The second-order valence-corrected chi connectivity index (χ2v) is 12.8. The lowest BCUT2D eigenvalue weighted by atomic mass is 9.81. The van der Waals surface area contributed by atoms with Crippen LogP contribution in [0.3, 0.4) is 0 Å². The summed E-state index contributed by atoms with van der Waals surface area (Å²) in [6.45, 7) is 4.69. The summed E-state index contributed by atoms with van der Waals surface area (Å²) >= 11 is 0. The van der Waals surface area contributed by atoms with Crippen LogP contribution < -0.4 is 11.1 Å². The molecule has 224 valence electrons. The molecule has 0 amide bonds. The van der Waals surface area contributed by atoms with Gasteiger partial charge in [0.25, 0.3) is 0 Å². The van der Waals surface area contributed by atoms with E-state index in [1.165, 1.54) is 44.2 Å². The molecule has 0 fully saturated rings. The van der Waals surface area contributed by atoms with Crippen LogP contribution in [0.5, 0.6) is 0 Å². The van der Waals surface area contributed by atoms with Gasteiger partial charge in [-0.3, -0.25) is 5.32 Å². The summed E-state index contributed by atoms with van der Waals surface area (Å²) in [5.41, 5.74) is 17.5. The third-order valence-corrected chi connectivity index (χ3v) is 9.54. The smallest absolute Gasteiger partial charge is 0.134 e. The van der Waals surface area contributed by atoms with E-state index in [4.69, 9.17) is 10.2 Å². The Morgan fingerprint density at radius 2 is 1.35 bits per heavy atom. The van der Waals surface area contributed by atoms with Gasteiger partial charge in [-0.1, -0.05) is 141 Å². The van der Waals surface area contributed by atoms with E-state index >= 15 is 0 Å². The Balaban J connectivity index is 1.13. The molecule has 0 spiro atoms. The van der Waals surface area contributed by atoms with Crippen LogP contribution in [0.2, 0.25) is 0 Å². The van der Waals surface area contributed by atoms with Crippen LogP contribution in [0.25, 0.3) is 50.1 Å². The van der Waals surface area contributed by atoms with E-state index < -0.39 is 0 Å². The molecule has 8 rings (SSSR count). The molecule has 0 bridgehead atoms. The monoisotopic (exact) mass is 596 g/mol. The van der Waals surface area contributed by atoms with Gasteiger partial charge < -0.3 is 10.2 Å². The van der Waals surface area contributed by atoms with Crippen LogP contribution in [0.15, 0.2) is 150 Å². The lowest BCUT2D eigenvalue weighted by molar-refractivity contribution is 0.435. The van der Waals surface area contributed by atoms with Crippen molar-refractivity contribution < 1.29 is 4.42 Å². The van der Waals surface area contributed by atoms with E-state index in [-0.39, 0.29) is 17.6 Å². The van der Waals surface area contributed by atoms with E-state index in [0.29, 0.717) is 0 Å². The van der Waals surface area contributed by atoms with Crippen LogP contribution >= 0.6 is 0 Å². The van der Waals surface area contributed by atoms with Crippen molar-refractivity contribution >= 4 is 27.8 Å². The second kappa shape index (κ2) is 11.3. The maximum absolute atomic E-state index is 6.62. The summed E-state index contributed by atoms with van der Waals surface area (Å²) in [6.07, 6.45) is 3.93. The second-order valence-electron chi connectivity index (χ2n) is 12.8. The summed E-state index contributed by atoms with van der Waals surface area (Å²) < 4.78 is 6.28. The maximum atomic E-state index is 6.62. The van der Waals surface area contributed by atoms with Crippen LogP contribution in [-0.2, 0) is 5.41 Å². The minimum atomic E-state index is -0.351. The molecule has 6 aromatic carbocycles. The van der Waals surface area contributed by atoms with Crippen molar-refractivity contribution in [2.45, 2.75) is 31.5 Å². The molecule has 2 unspecified atom stereocenters. The van der Waals surface area contributed by atoms with Crippen LogP contribution in [0.1, 0.15) is 54.1 Å². The van der Waals surface area contributed by atoms with Gasteiger partial charge in [-0.2, -0.15) is 0 Å². The van der Waals surface area contributed by atoms with E-state index in [1.54, 1.807) is 0 Å². The van der Waals surface area contributed by atoms with Gasteiger partial charge in [0.2, 0.25) is 0 Å². The molecule has 0 radical (unpaired) electrons. The van der Waals surface area contributed by atoms with Crippen LogP contribution in [0.4, 0.5) is 0 Å². The first-order valence-corrected chi connectivity index (χ1v) is 16.0. The van der Waals surface area contributed by atoms with Crippen molar-refractivity contribution in [3.8, 4) is 22.3 Å². The van der Waals surface area contributed by atoms with Crippen LogP contribution in [-0.4, -0.2) is 0 Å². The molecule has 46 heavy (non-hydrogen) atoms. The highest BCUT2D eigenvalue weighted by Crippen LogP contribution is 2.53. The van der Waals surface area contributed by atoms with E-state index in [1.807, 2.05) is 48.5 Å². The molecule has 1 heterocycles. The van der Waals surface area contributed by atoms with Crippen LogP contribution in [0, 0.1) is 0 Å². The zero-order chi connectivity index (χ0) is 31.3. The zero-order valence-electron chi connectivity index (χ0n) is 26.1. The Morgan fingerprint density at radius 3 is 2.11 bits per heavy atom. The molecule has 0 saturated carbocycles. The average Bonchev–Trinajstić information content (AvgIpc) is 3.63. The minimum Gasteiger partial charge on any atom is -0.459 e. The van der Waals surface area contributed by atoms with Crippen molar-refractivity contribution in [3.63, 3.8) is 0 Å². The zero-order valence-corrected chi connectivity index (χ0v) is 26.1. The number of para-hydroxylation sites is 1. The molecule has 1 aromatic heterocycles. The van der Waals surface area contributed by atoms with Crippen molar-refractivity contribution in [2.75, 3.05) is 0 Å². The van der Waals surface area contributed by atoms with Gasteiger partial charge in [-0.05, 0) is 79.5 Å². The maximum Gasteiger partial charge on any atom is 0.134 e. The fraction of sp³-hybridized carbons (Fsp3) is 0.116. The highest BCUT2D eigenvalue weighted by Gasteiger charge is 2.37. The van der Waals surface area contributed by atoms with Gasteiger partial charge in [-0.25, -0.2) is 0 Å². The SMILES string of the molecule is CC1(C)c2cc3ccccc3cc2-c2c(-c3ccc(/C=C/C(NC(N)c4ccccc4)c4cc5ccccc5o4)cc3)cccc21. The van der Waals surface area contributed by atoms with Gasteiger partial charge in [-0.15, -0.1) is 0 Å². The third-order valence-electron chi connectivity index (χ3n) is 9.54. The largest absolute Gasteiger partial charge is 0.459 e. The van der Waals surface area contributed by atoms with Gasteiger partial charge in [0.05, 0.1) is 12.2 Å². The lowest BCUT2D eigenvalue weighted by Crippen LogP contribution is -2.31. The van der Waals surface area contributed by atoms with Crippen molar-refractivity contribution in [1.29, 1.82) is 0 Å². The molecule has 1 aliphatic rings. The Morgan fingerprint density at radius 1 is 0.652 bits per heavy atom. The Bertz CT molecular complexity index is 2190. The van der Waals surface area contributed by atoms with Crippen molar-refractivity contribution in [3.05, 3.63) is 174 Å². The molecular weight excluding hydrogens is 560 g/mol. The number of fused-ring (bicyclic) bond motifs is 5. The molecule has 3 nitrogen and oxygen atoms in total. The number of hydrogen-bond acceptors (Lipinski definition) is 3. The summed E-state index contributed by atoms with van der Waals surface area (Å²) in [4.78, 5) is 0. The number of nitrogens with one attached hydrogen (secondary N) is 1. The van der Waals surface area contributed by atoms with Crippen molar-refractivity contribution in [1.82, 2.24) is 5.32 Å². The number of furan rings is 1. The number of nitrogens with two attached hydrogens (primary N) is 1. The predicted octanol–water partition coefficient (Wildman–Crippen LogP) is 10.6. The molecule has 3 heteroatoms. The topological polar surface area (TPSA) is 51.2 Å². The normalized spacial score (nSPS) is 14.8. The number of hydrogen-bond donors (Lipinski definition) is 2. The fourth-order valence-electron chi connectivity index (χ4n) is 7.03. The van der Waals surface area contributed by atoms with E-state index in [9.17, 15) is 0 Å². The predicted molar refractivity (Wildman–Crippen MR) is 191 cm³/mol. The Kier molecular flexibility index (Phi) is 6.94. The third kappa shape index (κ3) is 4.95. The summed E-state index contributed by atoms with van der Waals surface area (Å²) in [6, 6.07) is 49.1. The first-order valence-electron chi connectivity index (χ1n) is 16.0. The van der Waals surface area contributed by atoms with E-state index in [2.05, 4.69) is 122 Å². The highest BCUT2D eigenvalue weighted by molar-refractivity contribution is 5.98. The standard InChI is InChI=1S/C43H36N2O/c1-43(2)36-17-10-16-34(41(36)35-25-31-13-6-7-14-32(31)26-37(35)43)29-22-19-28(20-23-29)21-24-38(45-42(44)30-11-4-3-5-12-30)40-27-33-15-8-9-18-39(33)46-40/h3-27,38,42,45H,44H2,1-2H3/b24-21+. The molecule has 0 aliphatic heterocycles. The molecule has 7 aromatic rings. The number of rotatable bonds is 7. The van der Waals surface area contributed by atoms with Gasteiger partial charge >= 0.3 is 0 Å². The summed E-state index contributed by atoms with van der Waals surface area (Å²) in [5, 5.41) is 7.22. The highest BCUT2D eigenvalue weighted by atomic mass is 16.3. The first kappa shape index (κ1) is 28.3. The van der Waals surface area contributed by atoms with Gasteiger partial charge in [0, 0.05) is 10.8 Å². The average molecular weight is 597 g/mol. The van der Waals surface area contributed by atoms with Gasteiger partial charge in [0.15, 0.2) is 0 Å². The van der Waals surface area contributed by atoms with Crippen molar-refractivity contribution in [2.24, 2.45) is 5.73 Å². The quantitative estimate of drug-likeness (QED) is 0.180. The summed E-state index contributed by atoms with van der Waals surface area (Å²) in [7, 11) is 0. The number of benzene rings is 6. The molecular formula is C43H36N2O. The molecule has 0 saturated heterocycles.